The topological polar surface area (TPSA) is 76.2 Å². The van der Waals surface area contributed by atoms with Gasteiger partial charge >= 0.3 is 5.97 Å². The van der Waals surface area contributed by atoms with Gasteiger partial charge in [0.25, 0.3) is 0 Å². The lowest BCUT2D eigenvalue weighted by Crippen LogP contribution is -2.18. The van der Waals surface area contributed by atoms with Crippen LogP contribution in [0.3, 0.4) is 0 Å². The summed E-state index contributed by atoms with van der Waals surface area (Å²) in [5.41, 5.74) is 2.92. The lowest BCUT2D eigenvalue weighted by molar-refractivity contribution is 0.0599. The van der Waals surface area contributed by atoms with E-state index in [-0.39, 0.29) is 22.7 Å². The van der Waals surface area contributed by atoms with Gasteiger partial charge in [-0.15, -0.1) is 0 Å². The predicted octanol–water partition coefficient (Wildman–Crippen LogP) is 2.88. The summed E-state index contributed by atoms with van der Waals surface area (Å²) >= 11 is 0. The number of carbonyl (C=O) groups excluding carboxylic acids is 3. The van der Waals surface area contributed by atoms with Crippen molar-refractivity contribution in [3.8, 4) is 0 Å². The Balaban J connectivity index is 2.24. The number of H-pyrrole nitrogens is 1. The first-order valence-electron chi connectivity index (χ1n) is 7.13. The van der Waals surface area contributed by atoms with Crippen LogP contribution in [0.25, 0.3) is 5.57 Å². The second-order valence-corrected chi connectivity index (χ2v) is 5.41. The number of hydrogen-bond acceptors (Lipinski definition) is 4. The molecule has 1 aromatic carbocycles. The Morgan fingerprint density at radius 2 is 1.70 bits per heavy atom. The van der Waals surface area contributed by atoms with Crippen molar-refractivity contribution in [2.45, 2.75) is 13.8 Å². The first-order chi connectivity index (χ1) is 11.0. The van der Waals surface area contributed by atoms with Crippen molar-refractivity contribution in [3.05, 3.63) is 64.0 Å². The highest BCUT2D eigenvalue weighted by molar-refractivity contribution is 6.39. The Hall–Kier alpha value is -2.95. The minimum Gasteiger partial charge on any atom is -0.465 e. The molecule has 0 amide bonds. The molecule has 1 aliphatic rings. The molecule has 0 radical (unpaired) electrons. The minimum atomic E-state index is -0.540. The van der Waals surface area contributed by atoms with Crippen LogP contribution < -0.4 is 0 Å². The van der Waals surface area contributed by atoms with E-state index in [9.17, 15) is 14.4 Å². The van der Waals surface area contributed by atoms with Gasteiger partial charge in [0.1, 0.15) is 0 Å². The first kappa shape index (κ1) is 15.0. The number of aromatic amines is 1. The number of esters is 1. The molecular weight excluding hydrogens is 294 g/mol. The van der Waals surface area contributed by atoms with Crippen LogP contribution in [-0.4, -0.2) is 29.6 Å². The second-order valence-electron chi connectivity index (χ2n) is 5.41. The van der Waals surface area contributed by atoms with Crippen LogP contribution in [0.5, 0.6) is 0 Å². The number of rotatable bonds is 2. The third-order valence-electron chi connectivity index (χ3n) is 3.99. The van der Waals surface area contributed by atoms with Crippen LogP contribution >= 0.6 is 0 Å². The number of aromatic nitrogens is 1. The summed E-state index contributed by atoms with van der Waals surface area (Å²) in [4.78, 5) is 40.3. The molecule has 0 saturated carbocycles. The van der Waals surface area contributed by atoms with E-state index in [0.717, 1.165) is 0 Å². The zero-order valence-electron chi connectivity index (χ0n) is 13.0. The maximum Gasteiger partial charge on any atom is 0.340 e. The summed E-state index contributed by atoms with van der Waals surface area (Å²) in [6, 6.07) is 6.67. The van der Waals surface area contributed by atoms with E-state index in [0.29, 0.717) is 28.1 Å². The quantitative estimate of drug-likeness (QED) is 0.865. The van der Waals surface area contributed by atoms with Crippen molar-refractivity contribution >= 4 is 23.1 Å². The van der Waals surface area contributed by atoms with Gasteiger partial charge in [0, 0.05) is 33.7 Å². The van der Waals surface area contributed by atoms with E-state index < -0.39 is 5.97 Å². The molecule has 1 N–H and O–H groups in total. The molecule has 0 unspecified atom stereocenters. The smallest absolute Gasteiger partial charge is 0.340 e. The molecule has 1 heterocycles. The van der Waals surface area contributed by atoms with E-state index in [1.54, 1.807) is 38.1 Å². The van der Waals surface area contributed by atoms with Crippen LogP contribution in [0.4, 0.5) is 0 Å². The van der Waals surface area contributed by atoms with Crippen molar-refractivity contribution < 1.29 is 19.1 Å². The van der Waals surface area contributed by atoms with Gasteiger partial charge in [-0.1, -0.05) is 24.3 Å². The molecule has 0 atom stereocenters. The van der Waals surface area contributed by atoms with Gasteiger partial charge in [-0.3, -0.25) is 9.59 Å². The lowest BCUT2D eigenvalue weighted by atomic mass is 9.85. The van der Waals surface area contributed by atoms with Crippen molar-refractivity contribution in [2.24, 2.45) is 0 Å². The molecule has 3 rings (SSSR count). The van der Waals surface area contributed by atoms with Gasteiger partial charge in [-0.2, -0.15) is 0 Å². The van der Waals surface area contributed by atoms with E-state index in [1.807, 2.05) is 0 Å². The maximum absolute atomic E-state index is 12.8. The Morgan fingerprint density at radius 3 is 2.35 bits per heavy atom. The molecule has 0 bridgehead atoms. The average molecular weight is 309 g/mol. The Morgan fingerprint density at radius 1 is 1.04 bits per heavy atom. The summed E-state index contributed by atoms with van der Waals surface area (Å²) in [5.74, 6) is -1.06. The van der Waals surface area contributed by atoms with Crippen molar-refractivity contribution in [1.29, 1.82) is 0 Å². The molecule has 23 heavy (non-hydrogen) atoms. The van der Waals surface area contributed by atoms with E-state index in [1.165, 1.54) is 13.2 Å². The van der Waals surface area contributed by atoms with Crippen LogP contribution in [-0.2, 0) is 4.74 Å². The number of aryl methyl sites for hydroxylation is 2. The Bertz CT molecular complexity index is 886. The van der Waals surface area contributed by atoms with Gasteiger partial charge in [0.05, 0.1) is 12.7 Å². The van der Waals surface area contributed by atoms with Gasteiger partial charge in [-0.25, -0.2) is 4.79 Å². The van der Waals surface area contributed by atoms with E-state index in [4.69, 9.17) is 4.74 Å². The molecule has 1 aromatic heterocycles. The van der Waals surface area contributed by atoms with Crippen LogP contribution in [0, 0.1) is 13.8 Å². The molecule has 2 aromatic rings. The molecule has 1 aliphatic carbocycles. The normalized spacial score (nSPS) is 13.6. The summed E-state index contributed by atoms with van der Waals surface area (Å²) < 4.78 is 4.81. The third kappa shape index (κ3) is 2.21. The Kier molecular flexibility index (Phi) is 3.48. The lowest BCUT2D eigenvalue weighted by Gasteiger charge is -2.16. The molecule has 116 valence electrons. The fourth-order valence-electron chi connectivity index (χ4n) is 2.98. The van der Waals surface area contributed by atoms with Crippen molar-refractivity contribution in [1.82, 2.24) is 4.98 Å². The molecule has 0 spiro atoms. The summed E-state index contributed by atoms with van der Waals surface area (Å²) in [5, 5.41) is 0. The van der Waals surface area contributed by atoms with Gasteiger partial charge < -0.3 is 9.72 Å². The van der Waals surface area contributed by atoms with Gasteiger partial charge in [0.2, 0.25) is 0 Å². The summed E-state index contributed by atoms with van der Waals surface area (Å²) in [6.45, 7) is 3.49. The van der Waals surface area contributed by atoms with Crippen LogP contribution in [0.2, 0.25) is 0 Å². The molecule has 0 aliphatic heterocycles. The number of fused-ring (bicyclic) bond motifs is 1. The average Bonchev–Trinajstić information content (AvgIpc) is 2.84. The van der Waals surface area contributed by atoms with E-state index in [2.05, 4.69) is 4.98 Å². The number of benzene rings is 1. The van der Waals surface area contributed by atoms with Crippen molar-refractivity contribution in [2.75, 3.05) is 7.11 Å². The monoisotopic (exact) mass is 309 g/mol. The number of methoxy groups -OCH3 is 1. The highest BCUT2D eigenvalue weighted by atomic mass is 16.5. The zero-order valence-corrected chi connectivity index (χ0v) is 13.0. The molecule has 0 fully saturated rings. The summed E-state index contributed by atoms with van der Waals surface area (Å²) in [6.07, 6.45) is 1.30. The number of carbonyl (C=O) groups is 3. The second kappa shape index (κ2) is 5.35. The highest BCUT2D eigenvalue weighted by Gasteiger charge is 2.31. The maximum atomic E-state index is 12.8. The fraction of sp³-hybridized carbons (Fsp3) is 0.167. The first-order valence-corrected chi connectivity index (χ1v) is 7.13. The SMILES string of the molecule is COC(=O)c1c(C)[nH]c(C)c1C1=CC(=O)c2ccccc2C1=O. The fourth-order valence-corrected chi connectivity index (χ4v) is 2.98. The standard InChI is InChI=1S/C18H15NO4/c1-9-15(16(10(2)19-9)18(22)23-3)13-8-14(20)11-6-4-5-7-12(11)17(13)21/h4-8,19H,1-3H3. The molecular formula is C18H15NO4. The van der Waals surface area contributed by atoms with Crippen LogP contribution in [0.15, 0.2) is 30.3 Å². The number of Topliss-reactive ketones (excluding diaryl/α,β-unsaturated/α-hetero) is 1. The number of hydrogen-bond donors (Lipinski definition) is 1. The van der Waals surface area contributed by atoms with Gasteiger partial charge in [0.15, 0.2) is 11.6 Å². The van der Waals surface area contributed by atoms with E-state index >= 15 is 0 Å². The number of ether oxygens (including phenoxy) is 1. The number of allylic oxidation sites excluding steroid dienone is 2. The molecule has 5 nitrogen and oxygen atoms in total. The molecule has 5 heteroatoms. The number of ketones is 2. The highest BCUT2D eigenvalue weighted by Crippen LogP contribution is 2.33. The zero-order chi connectivity index (χ0) is 16.7. The predicted molar refractivity (Wildman–Crippen MR) is 84.7 cm³/mol. The van der Waals surface area contributed by atoms with Crippen LogP contribution in [0.1, 0.15) is 48.0 Å². The number of nitrogens with one attached hydrogen (secondary N) is 1. The summed E-state index contributed by atoms with van der Waals surface area (Å²) in [7, 11) is 1.28. The molecule has 0 saturated heterocycles. The van der Waals surface area contributed by atoms with Crippen molar-refractivity contribution in [3.63, 3.8) is 0 Å². The van der Waals surface area contributed by atoms with Gasteiger partial charge in [-0.05, 0) is 19.9 Å². The minimum absolute atomic E-state index is 0.218. The third-order valence-corrected chi connectivity index (χ3v) is 3.99. The largest absolute Gasteiger partial charge is 0.465 e. The Labute approximate surface area is 133 Å².